The molecule has 0 radical (unpaired) electrons. The van der Waals surface area contributed by atoms with Crippen molar-refractivity contribution in [3.8, 4) is 5.75 Å². The van der Waals surface area contributed by atoms with E-state index in [9.17, 15) is 19.5 Å². The molecule has 0 bridgehead atoms. The zero-order valence-corrected chi connectivity index (χ0v) is 21.4. The van der Waals surface area contributed by atoms with E-state index >= 15 is 0 Å². The van der Waals surface area contributed by atoms with Gasteiger partial charge in [-0.15, -0.1) is 0 Å². The third-order valence-electron chi connectivity index (χ3n) is 5.67. The minimum absolute atomic E-state index is 0.119. The Labute approximate surface area is 214 Å². The van der Waals surface area contributed by atoms with Gasteiger partial charge >= 0.3 is 214 Å². The number of aromatic nitrogens is 1. The van der Waals surface area contributed by atoms with E-state index in [1.54, 1.807) is 37.4 Å². The second kappa shape index (κ2) is 11.1. The molecule has 1 aromatic heterocycles. The fraction of sp³-hybridized carbons (Fsp3) is 0.148. The van der Waals surface area contributed by atoms with Gasteiger partial charge in [0.2, 0.25) is 0 Å². The number of phenolic OH excluding ortho intramolecular Hbond substituents is 1. The predicted octanol–water partition coefficient (Wildman–Crippen LogP) is 1.40. The summed E-state index contributed by atoms with van der Waals surface area (Å²) >= 11 is -0.259. The molecule has 2 amide bonds. The molecule has 36 heavy (non-hydrogen) atoms. The zero-order chi connectivity index (χ0) is 25.7. The molecule has 0 aliphatic carbocycles. The van der Waals surface area contributed by atoms with Crippen molar-refractivity contribution in [3.63, 3.8) is 0 Å². The maximum atomic E-state index is 13.3. The van der Waals surface area contributed by atoms with Crippen LogP contribution in [0.5, 0.6) is 5.75 Å². The third kappa shape index (κ3) is 5.43. The summed E-state index contributed by atoms with van der Waals surface area (Å²) in [7, 11) is 2.87. The number of rotatable bonds is 8. The van der Waals surface area contributed by atoms with Crippen molar-refractivity contribution in [1.82, 2.24) is 15.6 Å². The van der Waals surface area contributed by atoms with Crippen LogP contribution in [0.1, 0.15) is 26.3 Å². The molecule has 0 fully saturated rings. The zero-order valence-electron chi connectivity index (χ0n) is 19.7. The Kier molecular flexibility index (Phi) is 7.73. The quantitative estimate of drug-likeness (QED) is 0.195. The molecule has 4 N–H and O–H groups in total. The molecule has 0 spiro atoms. The van der Waals surface area contributed by atoms with Crippen LogP contribution in [-0.2, 0) is 16.0 Å². The molecular formula is C27H25N3O5Se. The summed E-state index contributed by atoms with van der Waals surface area (Å²) in [6.45, 7) is 0. The van der Waals surface area contributed by atoms with Gasteiger partial charge in [0.15, 0.2) is 0 Å². The molecule has 0 saturated carbocycles. The standard InChI is InChI=1S/C27H25N3O5Se/c1-28-25(32)20-8-5-7-18-23(15-29-24(18)20)36-22-9-4-3-6-19(22)26(33)30-21(27(34)35-2)14-16-10-12-17(31)13-11-16/h3-13,15,21,29,31H,14H2,1-2H3,(H,28,32)(H,30,33)/t21-/m0/s1. The van der Waals surface area contributed by atoms with Gasteiger partial charge in [-0.1, -0.05) is 0 Å². The Bertz CT molecular complexity index is 1410. The average Bonchev–Trinajstić information content (AvgIpc) is 3.31. The molecule has 8 nitrogen and oxygen atoms in total. The van der Waals surface area contributed by atoms with E-state index in [2.05, 4.69) is 15.6 Å². The summed E-state index contributed by atoms with van der Waals surface area (Å²) < 4.78 is 6.75. The number of ether oxygens (including phenoxy) is 1. The Morgan fingerprint density at radius 3 is 2.39 bits per heavy atom. The van der Waals surface area contributed by atoms with Gasteiger partial charge in [0.25, 0.3) is 0 Å². The first-order chi connectivity index (χ1) is 17.4. The summed E-state index contributed by atoms with van der Waals surface area (Å²) in [6, 6.07) is 18.4. The van der Waals surface area contributed by atoms with Crippen molar-refractivity contribution in [2.75, 3.05) is 14.2 Å². The Hall–Kier alpha value is -4.07. The minimum atomic E-state index is -0.893. The van der Waals surface area contributed by atoms with Crippen molar-refractivity contribution in [1.29, 1.82) is 0 Å². The number of esters is 1. The second-order valence-electron chi connectivity index (χ2n) is 7.98. The molecule has 0 aliphatic rings. The predicted molar refractivity (Wildman–Crippen MR) is 138 cm³/mol. The molecule has 1 atom stereocenters. The summed E-state index contributed by atoms with van der Waals surface area (Å²) in [4.78, 5) is 41.2. The summed E-state index contributed by atoms with van der Waals surface area (Å²) in [5.41, 5.74) is 2.54. The van der Waals surface area contributed by atoms with E-state index in [0.717, 1.165) is 25.4 Å². The molecule has 0 unspecified atom stereocenters. The second-order valence-corrected chi connectivity index (χ2v) is 10.3. The Balaban J connectivity index is 1.59. The third-order valence-corrected chi connectivity index (χ3v) is 8.05. The molecule has 4 rings (SSSR count). The number of carbonyl (C=O) groups excluding carboxylic acids is 3. The van der Waals surface area contributed by atoms with Crippen LogP contribution in [0.4, 0.5) is 0 Å². The summed E-state index contributed by atoms with van der Waals surface area (Å²) in [5, 5.41) is 15.9. The number of amides is 2. The van der Waals surface area contributed by atoms with Crippen LogP contribution in [-0.4, -0.2) is 63.0 Å². The molecule has 4 aromatic rings. The van der Waals surface area contributed by atoms with E-state index in [1.165, 1.54) is 19.2 Å². The number of carbonyl (C=O) groups is 3. The van der Waals surface area contributed by atoms with Crippen molar-refractivity contribution in [2.45, 2.75) is 12.5 Å². The number of aromatic amines is 1. The molecule has 1 heterocycles. The number of H-pyrrole nitrogens is 1. The van der Waals surface area contributed by atoms with Gasteiger partial charge in [0.1, 0.15) is 0 Å². The number of nitrogens with one attached hydrogen (secondary N) is 3. The van der Waals surface area contributed by atoms with E-state index in [-0.39, 0.29) is 38.9 Å². The number of hydrogen-bond donors (Lipinski definition) is 4. The number of phenols is 1. The number of aromatic hydroxyl groups is 1. The monoisotopic (exact) mass is 551 g/mol. The number of hydrogen-bond acceptors (Lipinski definition) is 5. The van der Waals surface area contributed by atoms with Crippen LogP contribution in [0, 0.1) is 0 Å². The van der Waals surface area contributed by atoms with Gasteiger partial charge in [0, 0.05) is 0 Å². The Morgan fingerprint density at radius 2 is 1.67 bits per heavy atom. The van der Waals surface area contributed by atoms with Gasteiger partial charge < -0.3 is 0 Å². The first-order valence-corrected chi connectivity index (χ1v) is 12.9. The number of benzene rings is 3. The molecule has 3 aromatic carbocycles. The first-order valence-electron chi connectivity index (χ1n) is 11.2. The maximum absolute atomic E-state index is 13.3. The summed E-state index contributed by atoms with van der Waals surface area (Å²) in [5.74, 6) is -0.998. The van der Waals surface area contributed by atoms with Crippen LogP contribution in [0.3, 0.4) is 0 Å². The van der Waals surface area contributed by atoms with Crippen LogP contribution < -0.4 is 19.6 Å². The van der Waals surface area contributed by atoms with Crippen molar-refractivity contribution >= 4 is 52.6 Å². The van der Waals surface area contributed by atoms with E-state index in [4.69, 9.17) is 4.74 Å². The van der Waals surface area contributed by atoms with Gasteiger partial charge in [-0.25, -0.2) is 0 Å². The normalized spacial score (nSPS) is 11.6. The van der Waals surface area contributed by atoms with Crippen molar-refractivity contribution in [2.24, 2.45) is 0 Å². The van der Waals surface area contributed by atoms with Gasteiger partial charge in [-0.05, 0) is 0 Å². The molecule has 184 valence electrons. The van der Waals surface area contributed by atoms with Crippen LogP contribution in [0.2, 0.25) is 0 Å². The van der Waals surface area contributed by atoms with Gasteiger partial charge in [-0.3, -0.25) is 0 Å². The molecule has 0 aliphatic heterocycles. The molecular weight excluding hydrogens is 525 g/mol. The van der Waals surface area contributed by atoms with Gasteiger partial charge in [0.05, 0.1) is 0 Å². The number of methoxy groups -OCH3 is 1. The van der Waals surface area contributed by atoms with Crippen LogP contribution in [0.25, 0.3) is 10.9 Å². The average molecular weight is 550 g/mol. The van der Waals surface area contributed by atoms with Crippen molar-refractivity contribution < 1.29 is 24.2 Å². The van der Waals surface area contributed by atoms with E-state index in [0.29, 0.717) is 11.1 Å². The topological polar surface area (TPSA) is 121 Å². The Morgan fingerprint density at radius 1 is 0.944 bits per heavy atom. The molecule has 9 heteroatoms. The fourth-order valence-electron chi connectivity index (χ4n) is 3.84. The van der Waals surface area contributed by atoms with Crippen LogP contribution in [0.15, 0.2) is 72.9 Å². The van der Waals surface area contributed by atoms with Crippen LogP contribution >= 0.6 is 0 Å². The first kappa shape index (κ1) is 25.0. The number of fused-ring (bicyclic) bond motifs is 1. The SMILES string of the molecule is CNC(=O)c1cccc2c([Se]c3ccccc3C(=O)N[C@@H](Cc3ccc(O)cc3)C(=O)OC)c[nH]c12. The summed E-state index contributed by atoms with van der Waals surface area (Å²) in [6.07, 6.45) is 2.09. The molecule has 0 saturated heterocycles. The van der Waals surface area contributed by atoms with E-state index < -0.39 is 12.0 Å². The van der Waals surface area contributed by atoms with E-state index in [1.807, 2.05) is 30.5 Å². The fourth-order valence-corrected chi connectivity index (χ4v) is 6.05. The van der Waals surface area contributed by atoms with Crippen molar-refractivity contribution in [3.05, 3.63) is 89.6 Å². The van der Waals surface area contributed by atoms with Gasteiger partial charge in [-0.2, -0.15) is 0 Å². The number of para-hydroxylation sites is 1.